The third-order valence-electron chi connectivity index (χ3n) is 4.24. The maximum absolute atomic E-state index is 13.1. The van der Waals surface area contributed by atoms with Gasteiger partial charge in [0.1, 0.15) is 16.8 Å². The summed E-state index contributed by atoms with van der Waals surface area (Å²) in [7, 11) is -2.48. The standard InChI is InChI=1S/C17H18ClN3O4S/c1-9-6-11(25-3)4-5-15(9)21-10(2)20-14-8-13(18)16(26(19,23)24)7-12(14)17(21)22/h4-8,10,20H,1-3H3,(H2,19,23,24). The number of methoxy groups -OCH3 is 1. The minimum absolute atomic E-state index is 0.0344. The average Bonchev–Trinajstić information content (AvgIpc) is 2.54. The number of carbonyl (C=O) groups excluding carboxylic acids is 1. The van der Waals surface area contributed by atoms with Crippen LogP contribution in [0.4, 0.5) is 11.4 Å². The quantitative estimate of drug-likeness (QED) is 0.831. The molecule has 1 aliphatic rings. The summed E-state index contributed by atoms with van der Waals surface area (Å²) in [6, 6.07) is 7.98. The van der Waals surface area contributed by atoms with E-state index in [0.29, 0.717) is 17.1 Å². The third kappa shape index (κ3) is 3.11. The van der Waals surface area contributed by atoms with E-state index in [1.54, 1.807) is 24.1 Å². The molecule has 26 heavy (non-hydrogen) atoms. The van der Waals surface area contributed by atoms with E-state index in [2.05, 4.69) is 5.32 Å². The highest BCUT2D eigenvalue weighted by molar-refractivity contribution is 7.89. The fourth-order valence-corrected chi connectivity index (χ4v) is 4.11. The van der Waals surface area contributed by atoms with Gasteiger partial charge in [0.25, 0.3) is 5.91 Å². The zero-order valence-electron chi connectivity index (χ0n) is 14.4. The number of anilines is 2. The first-order valence-corrected chi connectivity index (χ1v) is 9.67. The molecule has 0 aromatic heterocycles. The maximum atomic E-state index is 13.1. The fourth-order valence-electron chi connectivity index (χ4n) is 3.01. The molecule has 0 aliphatic carbocycles. The summed E-state index contributed by atoms with van der Waals surface area (Å²) in [4.78, 5) is 14.4. The molecular weight excluding hydrogens is 378 g/mol. The second kappa shape index (κ2) is 6.46. The number of carbonyl (C=O) groups is 1. The second-order valence-electron chi connectivity index (χ2n) is 6.02. The topological polar surface area (TPSA) is 102 Å². The van der Waals surface area contributed by atoms with Crippen LogP contribution in [0.3, 0.4) is 0 Å². The normalized spacial score (nSPS) is 16.9. The van der Waals surface area contributed by atoms with Crippen molar-refractivity contribution in [3.63, 3.8) is 0 Å². The lowest BCUT2D eigenvalue weighted by atomic mass is 10.0. The number of hydrogen-bond acceptors (Lipinski definition) is 5. The summed E-state index contributed by atoms with van der Waals surface area (Å²) >= 11 is 6.02. The summed E-state index contributed by atoms with van der Waals surface area (Å²) in [5, 5.41) is 8.33. The number of sulfonamides is 1. The largest absolute Gasteiger partial charge is 0.497 e. The number of hydrogen-bond donors (Lipinski definition) is 2. The molecule has 1 unspecified atom stereocenters. The molecule has 1 heterocycles. The summed E-state index contributed by atoms with van der Waals surface area (Å²) < 4.78 is 28.6. The Morgan fingerprint density at radius 2 is 1.96 bits per heavy atom. The molecule has 7 nitrogen and oxygen atoms in total. The molecule has 2 aromatic carbocycles. The van der Waals surface area contributed by atoms with Crippen LogP contribution in [-0.4, -0.2) is 27.6 Å². The van der Waals surface area contributed by atoms with Crippen molar-refractivity contribution < 1.29 is 17.9 Å². The van der Waals surface area contributed by atoms with Crippen molar-refractivity contribution in [1.82, 2.24) is 0 Å². The number of nitrogens with one attached hydrogen (secondary N) is 1. The van der Waals surface area contributed by atoms with E-state index in [0.717, 1.165) is 5.56 Å². The highest BCUT2D eigenvalue weighted by atomic mass is 35.5. The van der Waals surface area contributed by atoms with Crippen molar-refractivity contribution in [3.8, 4) is 5.75 Å². The average molecular weight is 396 g/mol. The molecule has 2 aromatic rings. The number of benzene rings is 2. The van der Waals surface area contributed by atoms with Crippen LogP contribution in [-0.2, 0) is 10.0 Å². The van der Waals surface area contributed by atoms with Crippen LogP contribution in [0.25, 0.3) is 0 Å². The molecule has 138 valence electrons. The predicted molar refractivity (Wildman–Crippen MR) is 100 cm³/mol. The zero-order valence-corrected chi connectivity index (χ0v) is 16.0. The van der Waals surface area contributed by atoms with Gasteiger partial charge >= 0.3 is 0 Å². The molecule has 0 spiro atoms. The fraction of sp³-hybridized carbons (Fsp3) is 0.235. The van der Waals surface area contributed by atoms with Gasteiger partial charge in [0.2, 0.25) is 10.0 Å². The van der Waals surface area contributed by atoms with Crippen LogP contribution in [0.1, 0.15) is 22.8 Å². The molecule has 1 atom stereocenters. The number of ether oxygens (including phenoxy) is 1. The summed E-state index contributed by atoms with van der Waals surface area (Å²) in [5.74, 6) is 0.334. The van der Waals surface area contributed by atoms with Crippen molar-refractivity contribution in [2.45, 2.75) is 24.9 Å². The van der Waals surface area contributed by atoms with Crippen LogP contribution in [0.2, 0.25) is 5.02 Å². The SMILES string of the molecule is COc1ccc(N2C(=O)c3cc(S(N)(=O)=O)c(Cl)cc3NC2C)c(C)c1. The van der Waals surface area contributed by atoms with Gasteiger partial charge < -0.3 is 10.1 Å². The van der Waals surface area contributed by atoms with E-state index < -0.39 is 10.0 Å². The van der Waals surface area contributed by atoms with E-state index in [-0.39, 0.29) is 27.6 Å². The summed E-state index contributed by atoms with van der Waals surface area (Å²) in [5.41, 5.74) is 2.18. The third-order valence-corrected chi connectivity index (χ3v) is 5.62. The van der Waals surface area contributed by atoms with E-state index in [4.69, 9.17) is 21.5 Å². The minimum Gasteiger partial charge on any atom is -0.497 e. The first kappa shape index (κ1) is 18.5. The highest BCUT2D eigenvalue weighted by Gasteiger charge is 2.33. The van der Waals surface area contributed by atoms with Crippen molar-refractivity contribution in [1.29, 1.82) is 0 Å². The Morgan fingerprint density at radius 3 is 2.54 bits per heavy atom. The summed E-state index contributed by atoms with van der Waals surface area (Å²) in [6.45, 7) is 3.69. The smallest absolute Gasteiger partial charge is 0.262 e. The lowest BCUT2D eigenvalue weighted by Gasteiger charge is -2.37. The Labute approximate surface area is 156 Å². The van der Waals surface area contributed by atoms with Crippen LogP contribution < -0.4 is 20.1 Å². The highest BCUT2D eigenvalue weighted by Crippen LogP contribution is 2.36. The van der Waals surface area contributed by atoms with Crippen molar-refractivity contribution in [3.05, 3.63) is 46.5 Å². The van der Waals surface area contributed by atoms with Crippen LogP contribution in [0, 0.1) is 6.92 Å². The number of aryl methyl sites for hydroxylation is 1. The molecule has 0 saturated heterocycles. The predicted octanol–water partition coefficient (Wildman–Crippen LogP) is 2.72. The number of amides is 1. The Morgan fingerprint density at radius 1 is 1.27 bits per heavy atom. The van der Waals surface area contributed by atoms with Gasteiger partial charge in [0, 0.05) is 5.69 Å². The van der Waals surface area contributed by atoms with Gasteiger partial charge in [0.05, 0.1) is 23.4 Å². The molecule has 3 N–H and O–H groups in total. The van der Waals surface area contributed by atoms with Crippen LogP contribution in [0.15, 0.2) is 35.2 Å². The lowest BCUT2D eigenvalue weighted by Crippen LogP contribution is -2.47. The molecule has 0 bridgehead atoms. The number of nitrogens with zero attached hydrogens (tertiary/aromatic N) is 1. The number of halogens is 1. The van der Waals surface area contributed by atoms with Gasteiger partial charge in [-0.2, -0.15) is 0 Å². The van der Waals surface area contributed by atoms with E-state index in [9.17, 15) is 13.2 Å². The van der Waals surface area contributed by atoms with Crippen LogP contribution in [0.5, 0.6) is 5.75 Å². The Balaban J connectivity index is 2.13. The lowest BCUT2D eigenvalue weighted by molar-refractivity contribution is 0.0976. The van der Waals surface area contributed by atoms with Gasteiger partial charge in [-0.15, -0.1) is 0 Å². The van der Waals surface area contributed by atoms with Crippen molar-refractivity contribution in [2.24, 2.45) is 5.14 Å². The van der Waals surface area contributed by atoms with Gasteiger partial charge in [0.15, 0.2) is 0 Å². The van der Waals surface area contributed by atoms with Gasteiger partial charge in [-0.3, -0.25) is 9.69 Å². The monoisotopic (exact) mass is 395 g/mol. The first-order chi connectivity index (χ1) is 12.1. The Kier molecular flexibility index (Phi) is 4.60. The molecule has 9 heteroatoms. The van der Waals surface area contributed by atoms with E-state index in [1.807, 2.05) is 19.9 Å². The minimum atomic E-state index is -4.05. The van der Waals surface area contributed by atoms with E-state index >= 15 is 0 Å². The van der Waals surface area contributed by atoms with Gasteiger partial charge in [-0.1, -0.05) is 11.6 Å². The molecule has 1 amide bonds. The van der Waals surface area contributed by atoms with Gasteiger partial charge in [-0.05, 0) is 49.7 Å². The second-order valence-corrected chi connectivity index (χ2v) is 7.96. The molecule has 0 radical (unpaired) electrons. The maximum Gasteiger partial charge on any atom is 0.262 e. The van der Waals surface area contributed by atoms with Crippen LogP contribution >= 0.6 is 11.6 Å². The number of fused-ring (bicyclic) bond motifs is 1. The number of nitrogens with two attached hydrogens (primary N) is 1. The zero-order chi connectivity index (χ0) is 19.2. The molecule has 0 fully saturated rings. The van der Waals surface area contributed by atoms with Crippen molar-refractivity contribution in [2.75, 3.05) is 17.3 Å². The Hall–Kier alpha value is -2.29. The first-order valence-electron chi connectivity index (χ1n) is 7.74. The number of rotatable bonds is 3. The molecule has 0 saturated carbocycles. The number of primary sulfonamides is 1. The molecule has 3 rings (SSSR count). The molecule has 1 aliphatic heterocycles. The van der Waals surface area contributed by atoms with E-state index in [1.165, 1.54) is 12.1 Å². The Bertz CT molecular complexity index is 1010. The molecular formula is C17H18ClN3O4S. The summed E-state index contributed by atoms with van der Waals surface area (Å²) in [6.07, 6.45) is -0.363. The van der Waals surface area contributed by atoms with Gasteiger partial charge in [-0.25, -0.2) is 13.6 Å². The van der Waals surface area contributed by atoms with Crippen molar-refractivity contribution >= 4 is 38.9 Å².